The Morgan fingerprint density at radius 3 is 2.67 bits per heavy atom. The summed E-state index contributed by atoms with van der Waals surface area (Å²) >= 11 is 0. The maximum Gasteiger partial charge on any atom is 0.207 e. The Labute approximate surface area is 104 Å². The van der Waals surface area contributed by atoms with Crippen LogP contribution in [0, 0.1) is 18.3 Å². The van der Waals surface area contributed by atoms with E-state index in [0.717, 1.165) is 5.56 Å². The zero-order valence-electron chi connectivity index (χ0n) is 9.75. The first-order valence-electron chi connectivity index (χ1n) is 5.35. The van der Waals surface area contributed by atoms with Gasteiger partial charge in [-0.25, -0.2) is 0 Å². The lowest BCUT2D eigenvalue weighted by atomic mass is 10.1. The van der Waals surface area contributed by atoms with Gasteiger partial charge < -0.3 is 4.52 Å². The molecule has 1 aromatic heterocycles. The fourth-order valence-corrected chi connectivity index (χ4v) is 1.41. The van der Waals surface area contributed by atoms with Crippen molar-refractivity contribution in [1.29, 1.82) is 5.26 Å². The summed E-state index contributed by atoms with van der Waals surface area (Å²) in [6.07, 6.45) is 3.10. The van der Waals surface area contributed by atoms with Gasteiger partial charge >= 0.3 is 0 Å². The van der Waals surface area contributed by atoms with E-state index in [1.54, 1.807) is 43.3 Å². The first-order valence-corrected chi connectivity index (χ1v) is 5.35. The molecule has 0 spiro atoms. The highest BCUT2D eigenvalue weighted by Crippen LogP contribution is 2.08. The second kappa shape index (κ2) is 5.11. The fraction of sp³-hybridized carbons (Fsp3) is 0.0714. The normalized spacial score (nSPS) is 10.4. The van der Waals surface area contributed by atoms with Crippen molar-refractivity contribution in [3.8, 4) is 6.07 Å². The Balaban J connectivity index is 2.11. The molecule has 0 saturated carbocycles. The molecule has 1 heterocycles. The summed E-state index contributed by atoms with van der Waals surface area (Å²) in [5, 5.41) is 12.3. The minimum absolute atomic E-state index is 0.212. The largest absolute Gasteiger partial charge is 0.361 e. The van der Waals surface area contributed by atoms with Crippen LogP contribution >= 0.6 is 0 Å². The van der Waals surface area contributed by atoms with Gasteiger partial charge in [-0.3, -0.25) is 4.79 Å². The minimum Gasteiger partial charge on any atom is -0.361 e. The van der Waals surface area contributed by atoms with Crippen LogP contribution in [0.5, 0.6) is 0 Å². The van der Waals surface area contributed by atoms with Crippen molar-refractivity contribution in [3.63, 3.8) is 0 Å². The van der Waals surface area contributed by atoms with Crippen molar-refractivity contribution in [2.75, 3.05) is 0 Å². The molecule has 0 aliphatic rings. The lowest BCUT2D eigenvalue weighted by molar-refractivity contribution is 0.103. The van der Waals surface area contributed by atoms with Gasteiger partial charge in [0.1, 0.15) is 5.76 Å². The third kappa shape index (κ3) is 2.71. The lowest BCUT2D eigenvalue weighted by Gasteiger charge is -1.92. The second-order valence-electron chi connectivity index (χ2n) is 3.75. The number of hydrogen-bond acceptors (Lipinski definition) is 4. The molecule has 1 aromatic carbocycles. The van der Waals surface area contributed by atoms with Gasteiger partial charge in [0.2, 0.25) is 5.78 Å². The monoisotopic (exact) mass is 238 g/mol. The molecular weight excluding hydrogens is 228 g/mol. The minimum atomic E-state index is -0.212. The van der Waals surface area contributed by atoms with E-state index in [2.05, 4.69) is 5.16 Å². The average Bonchev–Trinajstić information content (AvgIpc) is 2.83. The van der Waals surface area contributed by atoms with Crippen molar-refractivity contribution >= 4 is 11.9 Å². The second-order valence-corrected chi connectivity index (χ2v) is 3.75. The molecule has 0 aliphatic heterocycles. The highest BCUT2D eigenvalue weighted by molar-refractivity contribution is 6.05. The van der Waals surface area contributed by atoms with Crippen molar-refractivity contribution < 1.29 is 9.32 Å². The molecule has 4 heteroatoms. The van der Waals surface area contributed by atoms with Crippen LogP contribution in [-0.4, -0.2) is 10.9 Å². The molecule has 2 rings (SSSR count). The number of rotatable bonds is 3. The predicted molar refractivity (Wildman–Crippen MR) is 65.8 cm³/mol. The van der Waals surface area contributed by atoms with E-state index in [-0.39, 0.29) is 11.5 Å². The zero-order valence-corrected chi connectivity index (χ0v) is 9.75. The molecular formula is C14H10N2O2. The highest BCUT2D eigenvalue weighted by atomic mass is 16.5. The van der Waals surface area contributed by atoms with E-state index in [1.165, 1.54) is 6.08 Å². The number of hydrogen-bond donors (Lipinski definition) is 0. The van der Waals surface area contributed by atoms with Gasteiger partial charge in [-0.15, -0.1) is 0 Å². The Morgan fingerprint density at radius 1 is 1.39 bits per heavy atom. The number of allylic oxidation sites excluding steroid dienone is 1. The third-order valence-electron chi connectivity index (χ3n) is 2.35. The number of carbonyl (C=O) groups excluding carboxylic acids is 1. The van der Waals surface area contributed by atoms with Crippen LogP contribution in [0.3, 0.4) is 0 Å². The van der Waals surface area contributed by atoms with Crippen molar-refractivity contribution in [2.45, 2.75) is 6.92 Å². The van der Waals surface area contributed by atoms with Crippen LogP contribution < -0.4 is 0 Å². The maximum atomic E-state index is 11.7. The van der Waals surface area contributed by atoms with Crippen molar-refractivity contribution in [2.24, 2.45) is 0 Å². The standard InChI is InChI=1S/C14H10N2O2/c1-10-8-13(16-18-10)14(17)7-6-11-2-4-12(9-15)5-3-11/h2-8H,1H3. The number of benzene rings is 1. The molecule has 0 fully saturated rings. The summed E-state index contributed by atoms with van der Waals surface area (Å²) < 4.78 is 4.83. The molecule has 4 nitrogen and oxygen atoms in total. The molecule has 0 aliphatic carbocycles. The molecule has 0 unspecified atom stereocenters. The molecule has 18 heavy (non-hydrogen) atoms. The summed E-state index contributed by atoms with van der Waals surface area (Å²) in [4.78, 5) is 11.7. The van der Waals surface area contributed by atoms with E-state index in [1.807, 2.05) is 6.07 Å². The van der Waals surface area contributed by atoms with Gasteiger partial charge in [-0.2, -0.15) is 5.26 Å². The van der Waals surface area contributed by atoms with E-state index >= 15 is 0 Å². The number of nitriles is 1. The first-order chi connectivity index (χ1) is 8.69. The van der Waals surface area contributed by atoms with Gasteiger partial charge in [0.25, 0.3) is 0 Å². The topological polar surface area (TPSA) is 66.9 Å². The molecule has 0 N–H and O–H groups in total. The average molecular weight is 238 g/mol. The molecule has 2 aromatic rings. The summed E-state index contributed by atoms with van der Waals surface area (Å²) in [6.45, 7) is 1.73. The smallest absolute Gasteiger partial charge is 0.207 e. The van der Waals surface area contributed by atoms with Gasteiger partial charge in [-0.05, 0) is 30.7 Å². The predicted octanol–water partition coefficient (Wildman–Crippen LogP) is 2.75. The third-order valence-corrected chi connectivity index (χ3v) is 2.35. The van der Waals surface area contributed by atoms with Gasteiger partial charge in [0.15, 0.2) is 5.69 Å². The Kier molecular flexibility index (Phi) is 3.35. The summed E-state index contributed by atoms with van der Waals surface area (Å²) in [6, 6.07) is 10.6. The Bertz CT molecular complexity index is 631. The maximum absolute atomic E-state index is 11.7. The molecule has 0 radical (unpaired) electrons. The number of carbonyl (C=O) groups is 1. The SMILES string of the molecule is Cc1cc(C(=O)C=Cc2ccc(C#N)cc2)no1. The Hall–Kier alpha value is -2.67. The van der Waals surface area contributed by atoms with Gasteiger partial charge in [0, 0.05) is 6.07 Å². The van der Waals surface area contributed by atoms with Crippen LogP contribution in [0.4, 0.5) is 0 Å². The summed E-state index contributed by atoms with van der Waals surface area (Å²) in [5.74, 6) is 0.390. The van der Waals surface area contributed by atoms with Crippen LogP contribution in [0.2, 0.25) is 0 Å². The Morgan fingerprint density at radius 2 is 2.11 bits per heavy atom. The fourth-order valence-electron chi connectivity index (χ4n) is 1.41. The van der Waals surface area contributed by atoms with E-state index in [0.29, 0.717) is 11.3 Å². The zero-order chi connectivity index (χ0) is 13.0. The van der Waals surface area contributed by atoms with Crippen LogP contribution in [0.25, 0.3) is 6.08 Å². The van der Waals surface area contributed by atoms with Crippen LogP contribution in [0.1, 0.15) is 27.4 Å². The summed E-state index contributed by atoms with van der Waals surface area (Å²) in [7, 11) is 0. The quantitative estimate of drug-likeness (QED) is 0.609. The molecule has 0 atom stereocenters. The summed E-state index contributed by atoms with van der Waals surface area (Å²) in [5.41, 5.74) is 1.73. The highest BCUT2D eigenvalue weighted by Gasteiger charge is 2.06. The van der Waals surface area contributed by atoms with Gasteiger partial charge in [0.05, 0.1) is 11.6 Å². The number of aromatic nitrogens is 1. The van der Waals surface area contributed by atoms with Crippen molar-refractivity contribution in [1.82, 2.24) is 5.16 Å². The number of nitrogens with zero attached hydrogens (tertiary/aromatic N) is 2. The molecule has 0 saturated heterocycles. The lowest BCUT2D eigenvalue weighted by Crippen LogP contribution is -1.93. The van der Waals surface area contributed by atoms with Crippen LogP contribution in [-0.2, 0) is 0 Å². The van der Waals surface area contributed by atoms with E-state index in [4.69, 9.17) is 9.78 Å². The van der Waals surface area contributed by atoms with E-state index < -0.39 is 0 Å². The molecule has 0 amide bonds. The molecule has 0 bridgehead atoms. The molecule has 88 valence electrons. The first kappa shape index (κ1) is 11.8. The van der Waals surface area contributed by atoms with Gasteiger partial charge in [-0.1, -0.05) is 23.4 Å². The van der Waals surface area contributed by atoms with Crippen molar-refractivity contribution in [3.05, 3.63) is 59.0 Å². The van der Waals surface area contributed by atoms with E-state index in [9.17, 15) is 4.79 Å². The van der Waals surface area contributed by atoms with Crippen LogP contribution in [0.15, 0.2) is 40.9 Å². The number of aryl methyl sites for hydroxylation is 1. The number of ketones is 1.